The number of fused-ring (bicyclic) bond motifs is 1. The fraction of sp³-hybridized carbons (Fsp3) is 0.630. The van der Waals surface area contributed by atoms with E-state index in [9.17, 15) is 14.7 Å². The molecule has 0 bridgehead atoms. The number of benzene rings is 1. The molecule has 0 radical (unpaired) electrons. The van der Waals surface area contributed by atoms with Gasteiger partial charge in [0.25, 0.3) is 0 Å². The molecule has 0 unspecified atom stereocenters. The van der Waals surface area contributed by atoms with Crippen LogP contribution in [0.1, 0.15) is 58.4 Å². The smallest absolute Gasteiger partial charge is 0.308 e. The van der Waals surface area contributed by atoms with E-state index < -0.39 is 11.9 Å². The molecule has 194 valence electrons. The molecule has 0 aromatic heterocycles. The van der Waals surface area contributed by atoms with Crippen LogP contribution in [-0.2, 0) is 9.59 Å². The normalized spacial score (nSPS) is 22.1. The number of rotatable bonds is 12. The first-order valence-corrected chi connectivity index (χ1v) is 12.7. The average Bonchev–Trinajstić information content (AvgIpc) is 3.40. The summed E-state index contributed by atoms with van der Waals surface area (Å²) in [6.07, 6.45) is 6.66. The lowest BCUT2D eigenvalue weighted by Gasteiger charge is -2.34. The predicted molar refractivity (Wildman–Crippen MR) is 136 cm³/mol. The summed E-state index contributed by atoms with van der Waals surface area (Å²) in [4.78, 5) is 29.9. The fourth-order valence-electron chi connectivity index (χ4n) is 5.43. The van der Waals surface area contributed by atoms with Crippen molar-refractivity contribution >= 4 is 11.9 Å². The van der Waals surface area contributed by atoms with E-state index in [-0.39, 0.29) is 36.6 Å². The van der Waals surface area contributed by atoms with E-state index in [0.717, 1.165) is 18.4 Å². The van der Waals surface area contributed by atoms with Crippen LogP contribution in [0, 0.1) is 11.3 Å². The molecule has 2 aliphatic heterocycles. The standard InChI is InChI=1S/C27H41N3O5/c1-5-7-12-29(13-11-28)24(31)17-30-16-20(19-8-9-22-23(14-19)35-18-34-22)25(26(32)33)21(30)15-27(3,4)10-6-2/h6,8-10,14,20-21,25H,5,7,11-13,15-18,28H2,1-4H3,(H,32,33)/b10-6+/t20-,21+,25-/m1/s1. The third kappa shape index (κ3) is 6.55. The molecule has 8 nitrogen and oxygen atoms in total. The number of likely N-dealkylation sites (tertiary alicyclic amines) is 1. The van der Waals surface area contributed by atoms with Crippen molar-refractivity contribution in [2.75, 3.05) is 39.5 Å². The molecule has 3 atom stereocenters. The van der Waals surface area contributed by atoms with Gasteiger partial charge in [0.05, 0.1) is 12.5 Å². The van der Waals surface area contributed by atoms with Crippen LogP contribution in [0.25, 0.3) is 0 Å². The van der Waals surface area contributed by atoms with Crippen molar-refractivity contribution in [3.8, 4) is 11.5 Å². The number of amides is 1. The first kappa shape index (κ1) is 27.0. The summed E-state index contributed by atoms with van der Waals surface area (Å²) in [5.41, 5.74) is 6.47. The molecule has 2 aliphatic rings. The Balaban J connectivity index is 1.92. The number of allylic oxidation sites excluding steroid dienone is 2. The molecule has 1 aromatic rings. The molecular formula is C27H41N3O5. The Bertz CT molecular complexity index is 916. The van der Waals surface area contributed by atoms with Gasteiger partial charge in [0, 0.05) is 38.1 Å². The molecule has 0 aliphatic carbocycles. The molecule has 35 heavy (non-hydrogen) atoms. The zero-order chi connectivity index (χ0) is 25.6. The van der Waals surface area contributed by atoms with Crippen LogP contribution in [0.4, 0.5) is 0 Å². The lowest BCUT2D eigenvalue weighted by molar-refractivity contribution is -0.144. The van der Waals surface area contributed by atoms with Crippen molar-refractivity contribution in [1.29, 1.82) is 0 Å². The summed E-state index contributed by atoms with van der Waals surface area (Å²) in [7, 11) is 0. The summed E-state index contributed by atoms with van der Waals surface area (Å²) < 4.78 is 11.0. The number of carboxylic acid groups (broad SMARTS) is 1. The number of ether oxygens (including phenoxy) is 2. The molecule has 1 saturated heterocycles. The predicted octanol–water partition coefficient (Wildman–Crippen LogP) is 3.46. The minimum absolute atomic E-state index is 0.00761. The maximum absolute atomic E-state index is 13.3. The second-order valence-corrected chi connectivity index (χ2v) is 10.3. The molecule has 1 fully saturated rings. The number of hydrogen-bond acceptors (Lipinski definition) is 6. The second-order valence-electron chi connectivity index (χ2n) is 10.3. The van der Waals surface area contributed by atoms with Crippen molar-refractivity contribution in [2.24, 2.45) is 17.1 Å². The Morgan fingerprint density at radius 2 is 2.00 bits per heavy atom. The number of unbranched alkanes of at least 4 members (excludes halogenated alkanes) is 1. The van der Waals surface area contributed by atoms with Gasteiger partial charge in [-0.3, -0.25) is 14.5 Å². The van der Waals surface area contributed by atoms with Gasteiger partial charge in [-0.05, 0) is 42.9 Å². The monoisotopic (exact) mass is 487 g/mol. The summed E-state index contributed by atoms with van der Waals surface area (Å²) in [6.45, 7) is 10.7. The van der Waals surface area contributed by atoms with Gasteiger partial charge in [-0.1, -0.05) is 45.4 Å². The van der Waals surface area contributed by atoms with Gasteiger partial charge >= 0.3 is 5.97 Å². The lowest BCUT2D eigenvalue weighted by Crippen LogP contribution is -2.46. The molecular weight excluding hydrogens is 446 g/mol. The van der Waals surface area contributed by atoms with Gasteiger partial charge in [-0.15, -0.1) is 0 Å². The summed E-state index contributed by atoms with van der Waals surface area (Å²) >= 11 is 0. The summed E-state index contributed by atoms with van der Waals surface area (Å²) in [5, 5.41) is 10.4. The van der Waals surface area contributed by atoms with Crippen LogP contribution in [0.15, 0.2) is 30.4 Å². The first-order valence-electron chi connectivity index (χ1n) is 12.7. The van der Waals surface area contributed by atoms with Crippen molar-refractivity contribution < 1.29 is 24.2 Å². The SMILES string of the molecule is C/C=C/C(C)(C)C[C@H]1[C@H](C(=O)O)[C@@H](c2ccc3c(c2)OCO3)CN1CC(=O)N(CCN)CCCC. The van der Waals surface area contributed by atoms with Gasteiger partial charge in [-0.25, -0.2) is 0 Å². The Labute approximate surface area is 209 Å². The number of hydrogen-bond donors (Lipinski definition) is 2. The van der Waals surface area contributed by atoms with E-state index in [1.54, 1.807) is 0 Å². The van der Waals surface area contributed by atoms with E-state index in [1.807, 2.05) is 36.1 Å². The molecule has 0 saturated carbocycles. The topological polar surface area (TPSA) is 105 Å². The number of carboxylic acids is 1. The number of nitrogens with zero attached hydrogens (tertiary/aromatic N) is 2. The van der Waals surface area contributed by atoms with Gasteiger partial charge in [0.1, 0.15) is 0 Å². The van der Waals surface area contributed by atoms with E-state index in [4.69, 9.17) is 15.2 Å². The fourth-order valence-corrected chi connectivity index (χ4v) is 5.43. The quantitative estimate of drug-likeness (QED) is 0.435. The number of nitrogens with two attached hydrogens (primary N) is 1. The Morgan fingerprint density at radius 3 is 2.66 bits per heavy atom. The highest BCUT2D eigenvalue weighted by molar-refractivity contribution is 5.79. The molecule has 3 rings (SSSR count). The highest BCUT2D eigenvalue weighted by Crippen LogP contribution is 2.44. The Hall–Kier alpha value is -2.58. The maximum atomic E-state index is 13.3. The zero-order valence-corrected chi connectivity index (χ0v) is 21.5. The zero-order valence-electron chi connectivity index (χ0n) is 21.5. The number of aliphatic carboxylic acids is 1. The van der Waals surface area contributed by atoms with Crippen molar-refractivity contribution in [3.63, 3.8) is 0 Å². The summed E-state index contributed by atoms with van der Waals surface area (Å²) in [6, 6.07) is 5.38. The second kappa shape index (κ2) is 11.9. The largest absolute Gasteiger partial charge is 0.481 e. The van der Waals surface area contributed by atoms with Gasteiger partial charge in [-0.2, -0.15) is 0 Å². The molecule has 0 spiro atoms. The van der Waals surface area contributed by atoms with Crippen molar-refractivity contribution in [1.82, 2.24) is 9.80 Å². The van der Waals surface area contributed by atoms with Crippen LogP contribution >= 0.6 is 0 Å². The first-order chi connectivity index (χ1) is 16.7. The maximum Gasteiger partial charge on any atom is 0.308 e. The van der Waals surface area contributed by atoms with Gasteiger partial charge in [0.2, 0.25) is 12.7 Å². The third-order valence-electron chi connectivity index (χ3n) is 7.08. The molecule has 8 heteroatoms. The van der Waals surface area contributed by atoms with Gasteiger partial charge < -0.3 is 25.2 Å². The number of carbonyl (C=O) groups excluding carboxylic acids is 1. The van der Waals surface area contributed by atoms with Crippen LogP contribution in [-0.4, -0.2) is 72.3 Å². The average molecular weight is 488 g/mol. The molecule has 3 N–H and O–H groups in total. The van der Waals surface area contributed by atoms with Crippen LogP contribution in [0.5, 0.6) is 11.5 Å². The molecule has 2 heterocycles. The van der Waals surface area contributed by atoms with Crippen molar-refractivity contribution in [3.05, 3.63) is 35.9 Å². The molecule has 1 aromatic carbocycles. The lowest BCUT2D eigenvalue weighted by atomic mass is 9.77. The highest BCUT2D eigenvalue weighted by atomic mass is 16.7. The van der Waals surface area contributed by atoms with E-state index in [1.165, 1.54) is 0 Å². The number of carbonyl (C=O) groups is 2. The van der Waals surface area contributed by atoms with Gasteiger partial charge in [0.15, 0.2) is 11.5 Å². The molecule has 1 amide bonds. The van der Waals surface area contributed by atoms with Crippen molar-refractivity contribution in [2.45, 2.75) is 58.9 Å². The Morgan fingerprint density at radius 1 is 1.26 bits per heavy atom. The highest BCUT2D eigenvalue weighted by Gasteiger charge is 2.48. The van der Waals surface area contributed by atoms with Crippen LogP contribution in [0.3, 0.4) is 0 Å². The minimum Gasteiger partial charge on any atom is -0.481 e. The Kier molecular flexibility index (Phi) is 9.19. The minimum atomic E-state index is -0.839. The summed E-state index contributed by atoms with van der Waals surface area (Å²) in [5.74, 6) is -0.432. The van der Waals surface area contributed by atoms with Crippen LogP contribution < -0.4 is 15.2 Å². The van der Waals surface area contributed by atoms with E-state index in [0.29, 0.717) is 44.1 Å². The van der Waals surface area contributed by atoms with E-state index in [2.05, 4.69) is 31.7 Å². The third-order valence-corrected chi connectivity index (χ3v) is 7.08. The van der Waals surface area contributed by atoms with Crippen LogP contribution in [0.2, 0.25) is 0 Å². The van der Waals surface area contributed by atoms with E-state index >= 15 is 0 Å².